The number of nitrogens with zero attached hydrogens (tertiary/aromatic N) is 1. The maximum Gasteiger partial charge on any atom is 0.492 e. The van der Waals surface area contributed by atoms with E-state index in [1.165, 1.54) is 0 Å². The SMILES string of the molecule is Cc1ccc(C=C(CNC(=O)OCc2ccccc2)B2OC(C)(C)C(C)(C)O2)c(Cl)n1. The summed E-state index contributed by atoms with van der Waals surface area (Å²) in [4.78, 5) is 16.6. The summed E-state index contributed by atoms with van der Waals surface area (Å²) >= 11 is 6.32. The average molecular weight is 443 g/mol. The number of aryl methyl sites for hydroxylation is 1. The van der Waals surface area contributed by atoms with Crippen LogP contribution >= 0.6 is 11.6 Å². The third-order valence-corrected chi connectivity index (χ3v) is 5.87. The lowest BCUT2D eigenvalue weighted by Crippen LogP contribution is -2.41. The molecule has 1 aromatic heterocycles. The van der Waals surface area contributed by atoms with Crippen molar-refractivity contribution in [3.63, 3.8) is 0 Å². The van der Waals surface area contributed by atoms with Crippen LogP contribution in [0.2, 0.25) is 5.15 Å². The van der Waals surface area contributed by atoms with Crippen LogP contribution in [0.3, 0.4) is 0 Å². The largest absolute Gasteiger partial charge is 0.492 e. The Kier molecular flexibility index (Phi) is 7.09. The smallest absolute Gasteiger partial charge is 0.445 e. The van der Waals surface area contributed by atoms with Crippen LogP contribution in [-0.4, -0.2) is 35.9 Å². The Morgan fingerprint density at radius 1 is 1.13 bits per heavy atom. The summed E-state index contributed by atoms with van der Waals surface area (Å²) in [6.07, 6.45) is 1.31. The van der Waals surface area contributed by atoms with E-state index in [0.29, 0.717) is 10.6 Å². The number of carbonyl (C=O) groups is 1. The van der Waals surface area contributed by atoms with Gasteiger partial charge in [-0.1, -0.05) is 54.1 Å². The summed E-state index contributed by atoms with van der Waals surface area (Å²) in [6.45, 7) is 10.2. The molecule has 0 saturated carbocycles. The second kappa shape index (κ2) is 9.43. The summed E-state index contributed by atoms with van der Waals surface area (Å²) < 4.78 is 17.7. The van der Waals surface area contributed by atoms with Gasteiger partial charge in [-0.15, -0.1) is 0 Å². The molecule has 164 valence electrons. The minimum atomic E-state index is -0.642. The van der Waals surface area contributed by atoms with Gasteiger partial charge in [0.2, 0.25) is 0 Å². The minimum Gasteiger partial charge on any atom is -0.445 e. The average Bonchev–Trinajstić information content (AvgIpc) is 2.93. The second-order valence-corrected chi connectivity index (χ2v) is 8.91. The van der Waals surface area contributed by atoms with Crippen molar-refractivity contribution in [2.45, 2.75) is 52.4 Å². The number of halogens is 1. The van der Waals surface area contributed by atoms with E-state index in [-0.39, 0.29) is 13.2 Å². The highest BCUT2D eigenvalue weighted by molar-refractivity contribution is 6.56. The van der Waals surface area contributed by atoms with Crippen LogP contribution in [0.25, 0.3) is 6.08 Å². The highest BCUT2D eigenvalue weighted by Gasteiger charge is 2.52. The zero-order chi connectivity index (χ0) is 22.6. The fourth-order valence-electron chi connectivity index (χ4n) is 2.99. The van der Waals surface area contributed by atoms with Crippen molar-refractivity contribution in [1.82, 2.24) is 10.3 Å². The molecule has 1 saturated heterocycles. The van der Waals surface area contributed by atoms with Crippen molar-refractivity contribution in [3.05, 3.63) is 69.9 Å². The molecule has 1 N–H and O–H groups in total. The van der Waals surface area contributed by atoms with E-state index in [4.69, 9.17) is 25.6 Å². The Bertz CT molecular complexity index is 947. The Morgan fingerprint density at radius 2 is 1.77 bits per heavy atom. The van der Waals surface area contributed by atoms with Gasteiger partial charge in [0, 0.05) is 17.8 Å². The number of carbonyl (C=O) groups excluding carboxylic acids is 1. The lowest BCUT2D eigenvalue weighted by molar-refractivity contribution is 0.00578. The molecule has 0 radical (unpaired) electrons. The fraction of sp³-hybridized carbons (Fsp3) is 0.391. The molecular formula is C23H28BClN2O4. The molecule has 0 unspecified atom stereocenters. The number of hydrogen-bond donors (Lipinski definition) is 1. The van der Waals surface area contributed by atoms with Crippen LogP contribution in [-0.2, 0) is 20.7 Å². The van der Waals surface area contributed by atoms with Gasteiger partial charge in [-0.2, -0.15) is 0 Å². The highest BCUT2D eigenvalue weighted by Crippen LogP contribution is 2.39. The van der Waals surface area contributed by atoms with Crippen molar-refractivity contribution in [1.29, 1.82) is 0 Å². The molecule has 0 spiro atoms. The van der Waals surface area contributed by atoms with E-state index < -0.39 is 24.4 Å². The van der Waals surface area contributed by atoms with Crippen LogP contribution in [0.1, 0.15) is 44.5 Å². The standard InChI is InChI=1S/C23H28BClN2O4/c1-16-11-12-18(20(25)27-16)13-19(24-30-22(2,3)23(4,5)31-24)14-26-21(28)29-15-17-9-7-6-8-10-17/h6-13H,14-15H2,1-5H3,(H,26,28). The van der Waals surface area contributed by atoms with Gasteiger partial charge in [-0.3, -0.25) is 0 Å². The molecule has 8 heteroatoms. The first-order chi connectivity index (χ1) is 14.6. The summed E-state index contributed by atoms with van der Waals surface area (Å²) in [5, 5.41) is 3.16. The first-order valence-corrected chi connectivity index (χ1v) is 10.6. The molecule has 3 rings (SSSR count). The predicted molar refractivity (Wildman–Crippen MR) is 123 cm³/mol. The van der Waals surface area contributed by atoms with Gasteiger partial charge in [-0.05, 0) is 51.7 Å². The fourth-order valence-corrected chi connectivity index (χ4v) is 3.24. The first kappa shape index (κ1) is 23.3. The number of alkyl carbamates (subject to hydrolysis) is 1. The number of pyridine rings is 1. The summed E-state index contributed by atoms with van der Waals surface area (Å²) in [5.41, 5.74) is 2.14. The van der Waals surface area contributed by atoms with Crippen LogP contribution < -0.4 is 5.32 Å². The van der Waals surface area contributed by atoms with E-state index in [9.17, 15) is 4.79 Å². The molecule has 31 heavy (non-hydrogen) atoms. The summed E-state index contributed by atoms with van der Waals surface area (Å²) in [6, 6.07) is 13.3. The van der Waals surface area contributed by atoms with Crippen LogP contribution in [0, 0.1) is 6.92 Å². The maximum absolute atomic E-state index is 12.3. The maximum atomic E-state index is 12.3. The highest BCUT2D eigenvalue weighted by atomic mass is 35.5. The normalized spacial score (nSPS) is 17.5. The molecule has 0 aliphatic carbocycles. The Morgan fingerprint density at radius 3 is 2.39 bits per heavy atom. The summed E-state index contributed by atoms with van der Waals surface area (Å²) in [7, 11) is -0.642. The lowest BCUT2D eigenvalue weighted by atomic mass is 9.77. The molecule has 2 aromatic rings. The van der Waals surface area contributed by atoms with Gasteiger partial charge in [0.1, 0.15) is 11.8 Å². The van der Waals surface area contributed by atoms with Gasteiger partial charge in [0.15, 0.2) is 0 Å². The second-order valence-electron chi connectivity index (χ2n) is 8.56. The number of hydrogen-bond acceptors (Lipinski definition) is 5. The van der Waals surface area contributed by atoms with Crippen LogP contribution in [0.4, 0.5) is 4.79 Å². The monoisotopic (exact) mass is 442 g/mol. The zero-order valence-corrected chi connectivity index (χ0v) is 19.3. The number of rotatable bonds is 6. The summed E-state index contributed by atoms with van der Waals surface area (Å²) in [5.74, 6) is 0. The van der Waals surface area contributed by atoms with E-state index in [1.807, 2.05) is 83.2 Å². The number of ether oxygens (including phenoxy) is 1. The predicted octanol–water partition coefficient (Wildman–Crippen LogP) is 4.98. The third kappa shape index (κ3) is 5.88. The van der Waals surface area contributed by atoms with Crippen LogP contribution in [0.15, 0.2) is 47.9 Å². The Balaban J connectivity index is 1.74. The molecule has 1 aromatic carbocycles. The van der Waals surface area contributed by atoms with Gasteiger partial charge < -0.3 is 19.4 Å². The number of amides is 1. The van der Waals surface area contributed by atoms with Gasteiger partial charge >= 0.3 is 13.2 Å². The van der Waals surface area contributed by atoms with Crippen molar-refractivity contribution < 1.29 is 18.8 Å². The van der Waals surface area contributed by atoms with Gasteiger partial charge in [0.05, 0.1) is 11.2 Å². The van der Waals surface area contributed by atoms with Crippen LogP contribution in [0.5, 0.6) is 0 Å². The van der Waals surface area contributed by atoms with Crippen molar-refractivity contribution in [2.24, 2.45) is 0 Å². The van der Waals surface area contributed by atoms with E-state index in [0.717, 1.165) is 16.8 Å². The Labute approximate surface area is 189 Å². The molecule has 1 amide bonds. The zero-order valence-electron chi connectivity index (χ0n) is 18.6. The molecule has 1 aliphatic heterocycles. The quantitative estimate of drug-likeness (QED) is 0.504. The number of aromatic nitrogens is 1. The Hall–Kier alpha value is -2.35. The minimum absolute atomic E-state index is 0.175. The third-order valence-electron chi connectivity index (χ3n) is 5.56. The molecule has 2 heterocycles. The number of benzene rings is 1. The van der Waals surface area contributed by atoms with Crippen molar-refractivity contribution in [2.75, 3.05) is 6.54 Å². The first-order valence-electron chi connectivity index (χ1n) is 10.2. The molecular weight excluding hydrogens is 415 g/mol. The van der Waals surface area contributed by atoms with Crippen molar-refractivity contribution >= 4 is 30.9 Å². The molecule has 0 bridgehead atoms. The van der Waals surface area contributed by atoms with Gasteiger partial charge in [0.25, 0.3) is 0 Å². The van der Waals surface area contributed by atoms with Gasteiger partial charge in [-0.25, -0.2) is 9.78 Å². The topological polar surface area (TPSA) is 69.7 Å². The molecule has 0 atom stereocenters. The molecule has 1 fully saturated rings. The van der Waals surface area contributed by atoms with E-state index in [1.54, 1.807) is 0 Å². The molecule has 6 nitrogen and oxygen atoms in total. The molecule has 1 aliphatic rings. The van der Waals surface area contributed by atoms with E-state index >= 15 is 0 Å². The number of nitrogens with one attached hydrogen (secondary N) is 1. The lowest BCUT2D eigenvalue weighted by Gasteiger charge is -2.32. The van der Waals surface area contributed by atoms with Crippen molar-refractivity contribution in [3.8, 4) is 0 Å². The van der Waals surface area contributed by atoms with E-state index in [2.05, 4.69) is 10.3 Å².